The smallest absolute Gasteiger partial charge is 0.148 e. The summed E-state index contributed by atoms with van der Waals surface area (Å²) in [6.07, 6.45) is 7.96. The molecule has 0 aliphatic rings. The van der Waals surface area contributed by atoms with E-state index in [4.69, 9.17) is 11.2 Å². The zero-order chi connectivity index (χ0) is 15.8. The van der Waals surface area contributed by atoms with Gasteiger partial charge in [-0.1, -0.05) is 18.1 Å². The first-order valence-corrected chi connectivity index (χ1v) is 7.18. The molecule has 2 rings (SSSR count). The summed E-state index contributed by atoms with van der Waals surface area (Å²) < 4.78 is 5.34. The number of ether oxygens (including phenoxy) is 1. The topological polar surface area (TPSA) is 54.4 Å². The summed E-state index contributed by atoms with van der Waals surface area (Å²) >= 11 is 0. The van der Waals surface area contributed by atoms with Crippen molar-refractivity contribution in [2.75, 3.05) is 13.2 Å². The van der Waals surface area contributed by atoms with Crippen LogP contribution in [0.5, 0.6) is 5.75 Å². The molecule has 0 fully saturated rings. The van der Waals surface area contributed by atoms with Gasteiger partial charge in [-0.15, -0.1) is 6.42 Å². The van der Waals surface area contributed by atoms with Crippen LogP contribution >= 0.6 is 0 Å². The van der Waals surface area contributed by atoms with E-state index in [1.165, 1.54) is 0 Å². The van der Waals surface area contributed by atoms with Crippen molar-refractivity contribution < 1.29 is 9.84 Å². The summed E-state index contributed by atoms with van der Waals surface area (Å²) in [6, 6.07) is 11.5. The predicted molar refractivity (Wildman–Crippen MR) is 86.4 cm³/mol. The maximum absolute atomic E-state index is 10.1. The SMILES string of the molecule is C#CCOc1ccc(C(C)NCC(O)c2ccncc2)cc1. The third-order valence-corrected chi connectivity index (χ3v) is 3.41. The molecule has 0 aliphatic carbocycles. The third-order valence-electron chi connectivity index (χ3n) is 3.41. The van der Waals surface area contributed by atoms with Crippen LogP contribution in [0.2, 0.25) is 0 Å². The number of hydrogen-bond acceptors (Lipinski definition) is 4. The van der Waals surface area contributed by atoms with Gasteiger partial charge in [0.25, 0.3) is 0 Å². The van der Waals surface area contributed by atoms with Crippen LogP contribution in [0.4, 0.5) is 0 Å². The first-order valence-electron chi connectivity index (χ1n) is 7.18. The Bertz CT molecular complexity index is 605. The van der Waals surface area contributed by atoms with Crippen molar-refractivity contribution in [1.29, 1.82) is 0 Å². The van der Waals surface area contributed by atoms with Crippen LogP contribution < -0.4 is 10.1 Å². The Balaban J connectivity index is 1.87. The lowest BCUT2D eigenvalue weighted by Crippen LogP contribution is -2.24. The van der Waals surface area contributed by atoms with Crippen LogP contribution in [0, 0.1) is 12.3 Å². The van der Waals surface area contributed by atoms with E-state index in [0.29, 0.717) is 6.54 Å². The molecule has 2 unspecified atom stereocenters. The van der Waals surface area contributed by atoms with Gasteiger partial charge in [0.05, 0.1) is 6.10 Å². The summed E-state index contributed by atoms with van der Waals surface area (Å²) in [5.41, 5.74) is 1.97. The molecule has 2 N–H and O–H groups in total. The van der Waals surface area contributed by atoms with Gasteiger partial charge < -0.3 is 15.2 Å². The van der Waals surface area contributed by atoms with Crippen LogP contribution in [-0.2, 0) is 0 Å². The summed E-state index contributed by atoms with van der Waals surface area (Å²) in [6.45, 7) is 2.79. The zero-order valence-electron chi connectivity index (χ0n) is 12.6. The lowest BCUT2D eigenvalue weighted by molar-refractivity contribution is 0.170. The molecule has 2 atom stereocenters. The molecule has 4 nitrogen and oxygen atoms in total. The van der Waals surface area contributed by atoms with E-state index >= 15 is 0 Å². The monoisotopic (exact) mass is 296 g/mol. The fourth-order valence-corrected chi connectivity index (χ4v) is 2.09. The Morgan fingerprint density at radius 2 is 1.86 bits per heavy atom. The number of aliphatic hydroxyl groups is 1. The molecule has 1 heterocycles. The predicted octanol–water partition coefficient (Wildman–Crippen LogP) is 2.48. The molecule has 0 bridgehead atoms. The minimum absolute atomic E-state index is 0.123. The first kappa shape index (κ1) is 16.0. The van der Waals surface area contributed by atoms with Gasteiger partial charge in [-0.2, -0.15) is 0 Å². The largest absolute Gasteiger partial charge is 0.481 e. The van der Waals surface area contributed by atoms with E-state index in [9.17, 15) is 5.11 Å². The Morgan fingerprint density at radius 1 is 1.18 bits per heavy atom. The summed E-state index contributed by atoms with van der Waals surface area (Å²) in [5.74, 6) is 3.19. The van der Waals surface area contributed by atoms with Gasteiger partial charge in [-0.25, -0.2) is 0 Å². The summed E-state index contributed by atoms with van der Waals surface area (Å²) in [5, 5.41) is 13.4. The van der Waals surface area contributed by atoms with Crippen molar-refractivity contribution >= 4 is 0 Å². The number of aromatic nitrogens is 1. The van der Waals surface area contributed by atoms with Crippen molar-refractivity contribution in [3.63, 3.8) is 0 Å². The maximum atomic E-state index is 10.1. The van der Waals surface area contributed by atoms with Crippen molar-refractivity contribution in [2.24, 2.45) is 0 Å². The second kappa shape index (κ2) is 8.18. The number of nitrogens with zero attached hydrogens (tertiary/aromatic N) is 1. The highest BCUT2D eigenvalue weighted by Gasteiger charge is 2.10. The highest BCUT2D eigenvalue weighted by Crippen LogP contribution is 2.18. The van der Waals surface area contributed by atoms with Crippen LogP contribution in [-0.4, -0.2) is 23.2 Å². The number of terminal acetylenes is 1. The molecule has 4 heteroatoms. The van der Waals surface area contributed by atoms with Gasteiger partial charge in [0.1, 0.15) is 12.4 Å². The van der Waals surface area contributed by atoms with Crippen LogP contribution in [0.25, 0.3) is 0 Å². The lowest BCUT2D eigenvalue weighted by Gasteiger charge is -2.18. The second-order valence-electron chi connectivity index (χ2n) is 4.99. The summed E-state index contributed by atoms with van der Waals surface area (Å²) in [7, 11) is 0. The van der Waals surface area contributed by atoms with E-state index in [1.54, 1.807) is 12.4 Å². The second-order valence-corrected chi connectivity index (χ2v) is 4.99. The van der Waals surface area contributed by atoms with Crippen LogP contribution in [0.1, 0.15) is 30.2 Å². The van der Waals surface area contributed by atoms with Crippen molar-refractivity contribution in [1.82, 2.24) is 10.3 Å². The molecule has 1 aromatic heterocycles. The van der Waals surface area contributed by atoms with Crippen molar-refractivity contribution in [3.05, 3.63) is 59.9 Å². The standard InChI is InChI=1S/C18H20N2O2/c1-3-12-22-17-6-4-15(5-7-17)14(2)20-13-18(21)16-8-10-19-11-9-16/h1,4-11,14,18,20-21H,12-13H2,2H3. The molecular formula is C18H20N2O2. The number of rotatable bonds is 7. The number of pyridine rings is 1. The molecule has 1 aromatic carbocycles. The minimum atomic E-state index is -0.552. The fourth-order valence-electron chi connectivity index (χ4n) is 2.09. The number of aliphatic hydroxyl groups excluding tert-OH is 1. The highest BCUT2D eigenvalue weighted by molar-refractivity contribution is 5.29. The van der Waals surface area contributed by atoms with Gasteiger partial charge in [-0.05, 0) is 42.3 Å². The Kier molecular flexibility index (Phi) is 5.96. The van der Waals surface area contributed by atoms with E-state index < -0.39 is 6.10 Å². The van der Waals surface area contributed by atoms with Gasteiger partial charge in [0.2, 0.25) is 0 Å². The molecule has 0 saturated carbocycles. The lowest BCUT2D eigenvalue weighted by atomic mass is 10.1. The normalized spacial score (nSPS) is 13.1. The fraction of sp³-hybridized carbons (Fsp3) is 0.278. The Labute approximate surface area is 131 Å². The zero-order valence-corrected chi connectivity index (χ0v) is 12.6. The third kappa shape index (κ3) is 4.59. The highest BCUT2D eigenvalue weighted by atomic mass is 16.5. The van der Waals surface area contributed by atoms with Gasteiger partial charge >= 0.3 is 0 Å². The molecule has 22 heavy (non-hydrogen) atoms. The molecule has 0 saturated heterocycles. The molecule has 0 amide bonds. The Morgan fingerprint density at radius 3 is 2.50 bits per heavy atom. The molecule has 2 aromatic rings. The average Bonchev–Trinajstić information content (AvgIpc) is 2.58. The van der Waals surface area contributed by atoms with Gasteiger partial charge in [0.15, 0.2) is 0 Å². The maximum Gasteiger partial charge on any atom is 0.148 e. The van der Waals surface area contributed by atoms with Gasteiger partial charge in [0, 0.05) is 25.0 Å². The average molecular weight is 296 g/mol. The van der Waals surface area contributed by atoms with Crippen LogP contribution in [0.3, 0.4) is 0 Å². The van der Waals surface area contributed by atoms with Crippen molar-refractivity contribution in [2.45, 2.75) is 19.1 Å². The molecule has 0 spiro atoms. The van der Waals surface area contributed by atoms with E-state index in [1.807, 2.05) is 36.4 Å². The number of benzene rings is 1. The number of nitrogens with one attached hydrogen (secondary N) is 1. The van der Waals surface area contributed by atoms with E-state index in [2.05, 4.69) is 23.1 Å². The van der Waals surface area contributed by atoms with E-state index in [0.717, 1.165) is 16.9 Å². The summed E-state index contributed by atoms with van der Waals surface area (Å²) in [4.78, 5) is 3.94. The quantitative estimate of drug-likeness (QED) is 0.771. The molecule has 0 radical (unpaired) electrons. The Hall–Kier alpha value is -2.35. The van der Waals surface area contributed by atoms with E-state index in [-0.39, 0.29) is 12.6 Å². The van der Waals surface area contributed by atoms with Crippen LogP contribution in [0.15, 0.2) is 48.8 Å². The molecule has 114 valence electrons. The number of hydrogen-bond donors (Lipinski definition) is 2. The van der Waals surface area contributed by atoms with Crippen molar-refractivity contribution in [3.8, 4) is 18.1 Å². The molecule has 0 aliphatic heterocycles. The molecular weight excluding hydrogens is 276 g/mol. The van der Waals surface area contributed by atoms with Gasteiger partial charge in [-0.3, -0.25) is 4.98 Å². The first-order chi connectivity index (χ1) is 10.7. The minimum Gasteiger partial charge on any atom is -0.481 e.